The van der Waals surface area contributed by atoms with Gasteiger partial charge in [0.25, 0.3) is 11.1 Å². The molecule has 0 saturated carbocycles. The minimum absolute atomic E-state index is 0.0471. The number of rotatable bonds is 6. The van der Waals surface area contributed by atoms with Crippen molar-refractivity contribution in [1.29, 1.82) is 0 Å². The number of thioether (sulfide) groups is 1. The van der Waals surface area contributed by atoms with Gasteiger partial charge in [-0.3, -0.25) is 19.3 Å². The lowest BCUT2D eigenvalue weighted by molar-refractivity contribution is -0.135. The van der Waals surface area contributed by atoms with Crippen molar-refractivity contribution in [3.63, 3.8) is 0 Å². The van der Waals surface area contributed by atoms with Crippen molar-refractivity contribution in [3.05, 3.63) is 76.3 Å². The van der Waals surface area contributed by atoms with E-state index >= 15 is 0 Å². The van der Waals surface area contributed by atoms with Gasteiger partial charge in [0, 0.05) is 30.2 Å². The van der Waals surface area contributed by atoms with Gasteiger partial charge >= 0.3 is 0 Å². The van der Waals surface area contributed by atoms with E-state index in [0.717, 1.165) is 45.8 Å². The van der Waals surface area contributed by atoms with Gasteiger partial charge in [-0.15, -0.1) is 0 Å². The number of carbonyl (C=O) groups excluding carboxylic acids is 3. The van der Waals surface area contributed by atoms with Crippen molar-refractivity contribution >= 4 is 45.8 Å². The van der Waals surface area contributed by atoms with E-state index in [-0.39, 0.29) is 30.1 Å². The van der Waals surface area contributed by atoms with Crippen LogP contribution in [-0.4, -0.2) is 57.7 Å². The minimum Gasteiger partial charge on any atom is -0.378 e. The second-order valence-corrected chi connectivity index (χ2v) is 9.62. The molecule has 0 unspecified atom stereocenters. The van der Waals surface area contributed by atoms with Gasteiger partial charge in [0.2, 0.25) is 5.91 Å². The third-order valence-electron chi connectivity index (χ3n) is 6.41. The van der Waals surface area contributed by atoms with Crippen LogP contribution in [0.15, 0.2) is 59.6 Å². The highest BCUT2D eigenvalue weighted by Crippen LogP contribution is 2.35. The van der Waals surface area contributed by atoms with Crippen LogP contribution in [0.25, 0.3) is 17.0 Å². The van der Waals surface area contributed by atoms with Crippen molar-refractivity contribution in [2.45, 2.75) is 26.4 Å². The summed E-state index contributed by atoms with van der Waals surface area (Å²) in [6.07, 6.45) is 4.53. The molecule has 0 radical (unpaired) electrons. The number of ether oxygens (including phenoxy) is 1. The normalized spacial score (nSPS) is 17.7. The standard InChI is InChI=1S/C27H27N3O4S/c1-2-20-9-6-10-22-21(17-29(25(20)22)18-24(31)28-11-13-34-14-12-28)15-23-26(32)30(27(33)35-23)16-19-7-4-3-5-8-19/h3-10,15,17H,2,11-14,16,18H2,1H3/b23-15-. The average Bonchev–Trinajstić information content (AvgIpc) is 3.37. The van der Waals surface area contributed by atoms with Crippen molar-refractivity contribution in [1.82, 2.24) is 14.4 Å². The predicted octanol–water partition coefficient (Wildman–Crippen LogP) is 4.30. The summed E-state index contributed by atoms with van der Waals surface area (Å²) >= 11 is 0.960. The molecule has 2 aliphatic heterocycles. The number of hydrogen-bond acceptors (Lipinski definition) is 5. The molecule has 2 fully saturated rings. The largest absolute Gasteiger partial charge is 0.378 e. The summed E-state index contributed by atoms with van der Waals surface area (Å²) in [6.45, 7) is 4.87. The fourth-order valence-corrected chi connectivity index (χ4v) is 5.42. The first-order chi connectivity index (χ1) is 17.0. The molecule has 2 saturated heterocycles. The Bertz CT molecular complexity index is 1310. The topological polar surface area (TPSA) is 71.9 Å². The Labute approximate surface area is 208 Å². The molecule has 5 rings (SSSR count). The summed E-state index contributed by atoms with van der Waals surface area (Å²) in [5, 5.41) is 0.694. The third kappa shape index (κ3) is 4.76. The maximum absolute atomic E-state index is 13.1. The van der Waals surface area contributed by atoms with E-state index in [1.165, 1.54) is 4.90 Å². The Balaban J connectivity index is 1.47. The molecule has 0 spiro atoms. The van der Waals surface area contributed by atoms with Crippen LogP contribution in [0, 0.1) is 0 Å². The summed E-state index contributed by atoms with van der Waals surface area (Å²) in [4.78, 5) is 42.3. The van der Waals surface area contributed by atoms with Gasteiger partial charge in [-0.2, -0.15) is 0 Å². The molecule has 1 aromatic heterocycles. The predicted molar refractivity (Wildman–Crippen MR) is 137 cm³/mol. The van der Waals surface area contributed by atoms with E-state index in [4.69, 9.17) is 4.74 Å². The van der Waals surface area contributed by atoms with Gasteiger partial charge in [-0.05, 0) is 35.4 Å². The molecule has 0 bridgehead atoms. The molecule has 3 amide bonds. The number of aromatic nitrogens is 1. The van der Waals surface area contributed by atoms with Crippen LogP contribution in [0.1, 0.15) is 23.6 Å². The lowest BCUT2D eigenvalue weighted by atomic mass is 10.1. The molecule has 0 N–H and O–H groups in total. The third-order valence-corrected chi connectivity index (χ3v) is 7.31. The number of nitrogens with zero attached hydrogens (tertiary/aromatic N) is 3. The molecule has 8 heteroatoms. The number of morpholine rings is 1. The zero-order valence-corrected chi connectivity index (χ0v) is 20.4. The van der Waals surface area contributed by atoms with E-state index in [9.17, 15) is 14.4 Å². The molecule has 2 aromatic carbocycles. The summed E-state index contributed by atoms with van der Waals surface area (Å²) in [7, 11) is 0. The van der Waals surface area contributed by atoms with Crippen LogP contribution >= 0.6 is 11.8 Å². The Morgan fingerprint density at radius 2 is 1.83 bits per heavy atom. The second-order valence-electron chi connectivity index (χ2n) is 8.63. The van der Waals surface area contributed by atoms with Gasteiger partial charge in [0.05, 0.1) is 30.2 Å². The summed E-state index contributed by atoms with van der Waals surface area (Å²) < 4.78 is 7.35. The Kier molecular flexibility index (Phi) is 6.74. The van der Waals surface area contributed by atoms with Crippen LogP contribution in [0.3, 0.4) is 0 Å². The molecule has 3 heterocycles. The number of imide groups is 1. The highest BCUT2D eigenvalue weighted by Gasteiger charge is 2.35. The fraction of sp³-hybridized carbons (Fsp3) is 0.296. The molecular formula is C27H27N3O4S. The summed E-state index contributed by atoms with van der Waals surface area (Å²) in [6, 6.07) is 15.6. The quantitative estimate of drug-likeness (QED) is 0.483. The highest BCUT2D eigenvalue weighted by molar-refractivity contribution is 8.18. The van der Waals surface area contributed by atoms with Crippen LogP contribution < -0.4 is 0 Å². The molecular weight excluding hydrogens is 462 g/mol. The van der Waals surface area contributed by atoms with Gasteiger partial charge in [-0.25, -0.2) is 0 Å². The first kappa shape index (κ1) is 23.4. The fourth-order valence-electron chi connectivity index (χ4n) is 4.59. The maximum Gasteiger partial charge on any atom is 0.293 e. The molecule has 180 valence electrons. The molecule has 2 aliphatic rings. The first-order valence-electron chi connectivity index (χ1n) is 11.8. The molecule has 3 aromatic rings. The van der Waals surface area contributed by atoms with Gasteiger partial charge in [0.1, 0.15) is 6.54 Å². The summed E-state index contributed by atoms with van der Waals surface area (Å²) in [5.41, 5.74) is 3.86. The van der Waals surface area contributed by atoms with Crippen LogP contribution in [-0.2, 0) is 33.8 Å². The van der Waals surface area contributed by atoms with Crippen LogP contribution in [0.2, 0.25) is 0 Å². The molecule has 35 heavy (non-hydrogen) atoms. The second kappa shape index (κ2) is 10.1. The number of para-hydroxylation sites is 1. The number of carbonyl (C=O) groups is 3. The van der Waals surface area contributed by atoms with Gasteiger partial charge in [0.15, 0.2) is 0 Å². The van der Waals surface area contributed by atoms with Crippen molar-refractivity contribution in [3.8, 4) is 0 Å². The summed E-state index contributed by atoms with van der Waals surface area (Å²) in [5.74, 6) is -0.244. The molecule has 0 aliphatic carbocycles. The Morgan fingerprint density at radius 1 is 1.06 bits per heavy atom. The molecule has 7 nitrogen and oxygen atoms in total. The lowest BCUT2D eigenvalue weighted by Gasteiger charge is -2.27. The average molecular weight is 490 g/mol. The number of benzene rings is 2. The highest BCUT2D eigenvalue weighted by atomic mass is 32.2. The van der Waals surface area contributed by atoms with Crippen LogP contribution in [0.4, 0.5) is 4.79 Å². The van der Waals surface area contributed by atoms with Gasteiger partial charge in [-0.1, -0.05) is 55.5 Å². The number of aryl methyl sites for hydroxylation is 1. The van der Waals surface area contributed by atoms with E-state index in [2.05, 4.69) is 13.0 Å². The van der Waals surface area contributed by atoms with E-state index in [0.29, 0.717) is 31.2 Å². The zero-order valence-electron chi connectivity index (χ0n) is 19.6. The first-order valence-corrected chi connectivity index (χ1v) is 12.6. The minimum atomic E-state index is -0.291. The number of amides is 3. The monoisotopic (exact) mass is 489 g/mol. The van der Waals surface area contributed by atoms with Crippen molar-refractivity contribution in [2.75, 3.05) is 26.3 Å². The van der Waals surface area contributed by atoms with Crippen molar-refractivity contribution < 1.29 is 19.1 Å². The Hall–Kier alpha value is -3.36. The van der Waals surface area contributed by atoms with Gasteiger partial charge < -0.3 is 14.2 Å². The number of hydrogen-bond donors (Lipinski definition) is 0. The van der Waals surface area contributed by atoms with E-state index in [1.807, 2.05) is 58.1 Å². The zero-order chi connectivity index (χ0) is 24.4. The molecule has 0 atom stereocenters. The van der Waals surface area contributed by atoms with E-state index < -0.39 is 0 Å². The smallest absolute Gasteiger partial charge is 0.293 e. The Morgan fingerprint density at radius 3 is 2.57 bits per heavy atom. The van der Waals surface area contributed by atoms with Crippen LogP contribution in [0.5, 0.6) is 0 Å². The van der Waals surface area contributed by atoms with E-state index in [1.54, 1.807) is 6.08 Å². The number of fused-ring (bicyclic) bond motifs is 1. The maximum atomic E-state index is 13.1. The van der Waals surface area contributed by atoms with Crippen molar-refractivity contribution in [2.24, 2.45) is 0 Å². The SMILES string of the molecule is CCc1cccc2c(/C=C3\SC(=O)N(Cc4ccccc4)C3=O)cn(CC(=O)N3CCOCC3)c12. The lowest BCUT2D eigenvalue weighted by Crippen LogP contribution is -2.42.